The van der Waals surface area contributed by atoms with Gasteiger partial charge in [-0.25, -0.2) is 9.78 Å². The zero-order chi connectivity index (χ0) is 15.5. The smallest absolute Gasteiger partial charge is 0.318 e. The minimum Gasteiger partial charge on any atom is -0.335 e. The summed E-state index contributed by atoms with van der Waals surface area (Å²) in [7, 11) is 0. The summed E-state index contributed by atoms with van der Waals surface area (Å²) >= 11 is 1.81. The van der Waals surface area contributed by atoms with Crippen molar-refractivity contribution in [3.05, 3.63) is 40.6 Å². The summed E-state index contributed by atoms with van der Waals surface area (Å²) in [4.78, 5) is 20.1. The number of carbonyl (C=O) groups is 1. The summed E-state index contributed by atoms with van der Waals surface area (Å²) in [5.41, 5.74) is 1.33. The van der Waals surface area contributed by atoms with E-state index in [0.717, 1.165) is 25.9 Å². The van der Waals surface area contributed by atoms with Crippen LogP contribution in [0.4, 0.5) is 4.79 Å². The number of amides is 2. The van der Waals surface area contributed by atoms with E-state index < -0.39 is 0 Å². The van der Waals surface area contributed by atoms with Crippen LogP contribution < -0.4 is 5.32 Å². The van der Waals surface area contributed by atoms with Crippen LogP contribution in [-0.2, 0) is 13.0 Å². The average Bonchev–Trinajstić information content (AvgIpc) is 3.16. The van der Waals surface area contributed by atoms with Crippen molar-refractivity contribution in [2.75, 3.05) is 6.54 Å². The minimum atomic E-state index is 0.0383. The Kier molecular flexibility index (Phi) is 4.47. The SMILES string of the molecule is CC[C@H]1c2ccsc2CCN1C(=O)N[C@@H](C)Cn1ccnc1. The molecule has 0 saturated carbocycles. The fraction of sp³-hybridized carbons (Fsp3) is 0.500. The zero-order valence-electron chi connectivity index (χ0n) is 13.0. The predicted molar refractivity (Wildman–Crippen MR) is 88.0 cm³/mol. The molecule has 2 amide bonds. The molecule has 3 heterocycles. The van der Waals surface area contributed by atoms with Crippen molar-refractivity contribution >= 4 is 17.4 Å². The molecule has 0 radical (unpaired) electrons. The highest BCUT2D eigenvalue weighted by Gasteiger charge is 2.30. The van der Waals surface area contributed by atoms with Gasteiger partial charge in [-0.3, -0.25) is 0 Å². The first kappa shape index (κ1) is 15.1. The number of fused-ring (bicyclic) bond motifs is 1. The summed E-state index contributed by atoms with van der Waals surface area (Å²) in [5.74, 6) is 0. The normalized spacial score (nSPS) is 18.8. The molecule has 0 aliphatic carbocycles. The molecule has 5 nitrogen and oxygen atoms in total. The van der Waals surface area contributed by atoms with Gasteiger partial charge in [0.2, 0.25) is 0 Å². The molecular formula is C16H22N4OS. The maximum absolute atomic E-state index is 12.6. The lowest BCUT2D eigenvalue weighted by molar-refractivity contribution is 0.164. The number of hydrogen-bond acceptors (Lipinski definition) is 3. The average molecular weight is 318 g/mol. The number of urea groups is 1. The van der Waals surface area contributed by atoms with Gasteiger partial charge in [0.05, 0.1) is 12.4 Å². The van der Waals surface area contributed by atoms with Crippen LogP contribution in [-0.4, -0.2) is 33.1 Å². The maximum Gasteiger partial charge on any atom is 0.318 e. The van der Waals surface area contributed by atoms with Gasteiger partial charge < -0.3 is 14.8 Å². The molecule has 0 bridgehead atoms. The number of carbonyl (C=O) groups excluding carboxylic acids is 1. The van der Waals surface area contributed by atoms with Crippen LogP contribution in [0.25, 0.3) is 0 Å². The van der Waals surface area contributed by atoms with E-state index in [9.17, 15) is 4.79 Å². The van der Waals surface area contributed by atoms with Gasteiger partial charge in [-0.2, -0.15) is 0 Å². The molecule has 6 heteroatoms. The molecule has 0 saturated heterocycles. The van der Waals surface area contributed by atoms with Crippen molar-refractivity contribution in [2.45, 2.75) is 45.3 Å². The van der Waals surface area contributed by atoms with Crippen LogP contribution >= 0.6 is 11.3 Å². The zero-order valence-corrected chi connectivity index (χ0v) is 13.8. The van der Waals surface area contributed by atoms with Crippen LogP contribution in [0.2, 0.25) is 0 Å². The Morgan fingerprint density at radius 1 is 1.59 bits per heavy atom. The van der Waals surface area contributed by atoms with Crippen molar-refractivity contribution in [1.29, 1.82) is 0 Å². The summed E-state index contributed by atoms with van der Waals surface area (Å²) < 4.78 is 1.98. The highest BCUT2D eigenvalue weighted by molar-refractivity contribution is 7.10. The standard InChI is InChI=1S/C16H22N4OS/c1-3-14-13-5-9-22-15(13)4-7-20(14)16(21)18-12(2)10-19-8-6-17-11-19/h5-6,8-9,11-12,14H,3-4,7,10H2,1-2H3,(H,18,21)/t12-,14-/m0/s1. The van der Waals surface area contributed by atoms with Crippen molar-refractivity contribution in [3.8, 4) is 0 Å². The van der Waals surface area contributed by atoms with Gasteiger partial charge in [-0.1, -0.05) is 6.92 Å². The van der Waals surface area contributed by atoms with Crippen molar-refractivity contribution in [1.82, 2.24) is 19.8 Å². The van der Waals surface area contributed by atoms with E-state index in [0.29, 0.717) is 0 Å². The number of hydrogen-bond donors (Lipinski definition) is 1. The van der Waals surface area contributed by atoms with Gasteiger partial charge in [0.1, 0.15) is 0 Å². The molecule has 118 valence electrons. The van der Waals surface area contributed by atoms with Crippen molar-refractivity contribution in [2.24, 2.45) is 0 Å². The largest absolute Gasteiger partial charge is 0.335 e. The first-order valence-corrected chi connectivity index (χ1v) is 8.66. The third kappa shape index (κ3) is 3.02. The Balaban J connectivity index is 1.64. The monoisotopic (exact) mass is 318 g/mol. The molecule has 1 aliphatic rings. The summed E-state index contributed by atoms with van der Waals surface area (Å²) in [5, 5.41) is 5.25. The number of nitrogens with one attached hydrogen (secondary N) is 1. The van der Waals surface area contributed by atoms with Crippen molar-refractivity contribution in [3.63, 3.8) is 0 Å². The fourth-order valence-corrected chi connectivity index (χ4v) is 4.06. The van der Waals surface area contributed by atoms with Gasteiger partial charge in [0.25, 0.3) is 0 Å². The van der Waals surface area contributed by atoms with E-state index in [1.807, 2.05) is 22.6 Å². The van der Waals surface area contributed by atoms with E-state index in [4.69, 9.17) is 0 Å². The molecule has 2 aromatic heterocycles. The molecule has 0 fully saturated rings. The Labute approximate surface area is 135 Å². The lowest BCUT2D eigenvalue weighted by atomic mass is 9.98. The van der Waals surface area contributed by atoms with E-state index in [2.05, 4.69) is 28.7 Å². The van der Waals surface area contributed by atoms with Gasteiger partial charge in [-0.05, 0) is 36.8 Å². The number of imidazole rings is 1. The molecular weight excluding hydrogens is 296 g/mol. The third-order valence-electron chi connectivity index (χ3n) is 4.16. The molecule has 0 spiro atoms. The summed E-state index contributed by atoms with van der Waals surface area (Å²) in [6.07, 6.45) is 7.36. The molecule has 0 aromatic carbocycles. The number of rotatable bonds is 4. The van der Waals surface area contributed by atoms with Gasteiger partial charge in [-0.15, -0.1) is 11.3 Å². The van der Waals surface area contributed by atoms with E-state index in [-0.39, 0.29) is 18.1 Å². The molecule has 22 heavy (non-hydrogen) atoms. The number of nitrogens with zero attached hydrogens (tertiary/aromatic N) is 3. The van der Waals surface area contributed by atoms with E-state index >= 15 is 0 Å². The summed E-state index contributed by atoms with van der Waals surface area (Å²) in [6.45, 7) is 5.71. The Hall–Kier alpha value is -1.82. The highest BCUT2D eigenvalue weighted by Crippen LogP contribution is 2.35. The Morgan fingerprint density at radius 3 is 3.18 bits per heavy atom. The molecule has 1 aliphatic heterocycles. The topological polar surface area (TPSA) is 50.2 Å². The lowest BCUT2D eigenvalue weighted by Gasteiger charge is -2.36. The van der Waals surface area contributed by atoms with Crippen LogP contribution in [0.3, 0.4) is 0 Å². The molecule has 2 aromatic rings. The first-order chi connectivity index (χ1) is 10.7. The molecule has 3 rings (SSSR count). The number of thiophene rings is 1. The third-order valence-corrected chi connectivity index (χ3v) is 5.15. The first-order valence-electron chi connectivity index (χ1n) is 7.78. The molecule has 1 N–H and O–H groups in total. The van der Waals surface area contributed by atoms with E-state index in [1.165, 1.54) is 10.4 Å². The van der Waals surface area contributed by atoms with Crippen molar-refractivity contribution < 1.29 is 4.79 Å². The lowest BCUT2D eigenvalue weighted by Crippen LogP contribution is -2.48. The Morgan fingerprint density at radius 2 is 2.45 bits per heavy atom. The van der Waals surface area contributed by atoms with Gasteiger partial charge >= 0.3 is 6.03 Å². The maximum atomic E-state index is 12.6. The number of aromatic nitrogens is 2. The second-order valence-electron chi connectivity index (χ2n) is 5.78. The van der Waals surface area contributed by atoms with Gasteiger partial charge in [0, 0.05) is 36.4 Å². The fourth-order valence-electron chi connectivity index (χ4n) is 3.13. The van der Waals surface area contributed by atoms with Crippen LogP contribution in [0.5, 0.6) is 0 Å². The van der Waals surface area contributed by atoms with Crippen LogP contribution in [0, 0.1) is 0 Å². The predicted octanol–water partition coefficient (Wildman–Crippen LogP) is 3.05. The highest BCUT2D eigenvalue weighted by atomic mass is 32.1. The second kappa shape index (κ2) is 6.52. The van der Waals surface area contributed by atoms with Gasteiger partial charge in [0.15, 0.2) is 0 Å². The van der Waals surface area contributed by atoms with E-state index in [1.54, 1.807) is 23.9 Å². The molecule has 0 unspecified atom stereocenters. The molecule has 2 atom stereocenters. The van der Waals surface area contributed by atoms with Crippen LogP contribution in [0.15, 0.2) is 30.2 Å². The quantitative estimate of drug-likeness (QED) is 0.942. The van der Waals surface area contributed by atoms with Crippen LogP contribution in [0.1, 0.15) is 36.8 Å². The minimum absolute atomic E-state index is 0.0383. The second-order valence-corrected chi connectivity index (χ2v) is 6.78. The Bertz CT molecular complexity index is 622. The summed E-state index contributed by atoms with van der Waals surface area (Å²) in [6, 6.07) is 2.48.